The minimum atomic E-state index is -4.15. The molecule has 2 heterocycles. The van der Waals surface area contributed by atoms with Crippen LogP contribution in [0, 0.1) is 0 Å². The molecule has 1 aromatic heterocycles. The summed E-state index contributed by atoms with van der Waals surface area (Å²) in [5, 5.41) is 4.05. The van der Waals surface area contributed by atoms with E-state index in [1.54, 1.807) is 72.8 Å². The molecular formula is C29H27ClN4O5S. The molecule has 5 rings (SSSR count). The molecule has 1 unspecified atom stereocenters. The van der Waals surface area contributed by atoms with Gasteiger partial charge in [-0.1, -0.05) is 60.1 Å². The Balaban J connectivity index is 1.39. The monoisotopic (exact) mass is 578 g/mol. The zero-order valence-electron chi connectivity index (χ0n) is 21.4. The van der Waals surface area contributed by atoms with Crippen LogP contribution in [0.4, 0.5) is 0 Å². The molecule has 1 atom stereocenters. The van der Waals surface area contributed by atoms with Crippen LogP contribution in [0.25, 0.3) is 10.9 Å². The van der Waals surface area contributed by atoms with Crippen molar-refractivity contribution in [3.63, 3.8) is 0 Å². The maximum absolute atomic E-state index is 14.0. The van der Waals surface area contributed by atoms with Gasteiger partial charge >= 0.3 is 0 Å². The number of ether oxygens (including phenoxy) is 1. The van der Waals surface area contributed by atoms with Crippen LogP contribution in [-0.2, 0) is 26.2 Å². The number of pyridine rings is 1. The quantitative estimate of drug-likeness (QED) is 0.343. The second kappa shape index (κ2) is 12.0. The van der Waals surface area contributed by atoms with E-state index in [0.29, 0.717) is 21.7 Å². The number of aromatic nitrogens is 1. The Hall–Kier alpha value is -3.99. The Morgan fingerprint density at radius 1 is 0.950 bits per heavy atom. The summed E-state index contributed by atoms with van der Waals surface area (Å²) in [6.45, 7) is -0.151. The van der Waals surface area contributed by atoms with Crippen LogP contribution in [0.15, 0.2) is 96.0 Å². The molecule has 206 valence electrons. The number of halogens is 1. The predicted molar refractivity (Wildman–Crippen MR) is 151 cm³/mol. The Morgan fingerprint density at radius 3 is 2.48 bits per heavy atom. The Labute approximate surface area is 237 Å². The molecule has 2 amide bonds. The van der Waals surface area contributed by atoms with Crippen molar-refractivity contribution < 1.29 is 22.7 Å². The van der Waals surface area contributed by atoms with Gasteiger partial charge in [0.05, 0.1) is 5.52 Å². The summed E-state index contributed by atoms with van der Waals surface area (Å²) in [6.07, 6.45) is 1.53. The van der Waals surface area contributed by atoms with E-state index < -0.39 is 22.0 Å². The lowest BCUT2D eigenvalue weighted by Gasteiger charge is -2.39. The van der Waals surface area contributed by atoms with E-state index >= 15 is 0 Å². The number of amides is 2. The van der Waals surface area contributed by atoms with Gasteiger partial charge in [-0.25, -0.2) is 8.42 Å². The van der Waals surface area contributed by atoms with Gasteiger partial charge in [0.15, 0.2) is 6.61 Å². The topological polar surface area (TPSA) is 109 Å². The summed E-state index contributed by atoms with van der Waals surface area (Å²) in [5.74, 6) is -0.325. The van der Waals surface area contributed by atoms with Gasteiger partial charge < -0.3 is 15.0 Å². The summed E-state index contributed by atoms with van der Waals surface area (Å²) in [5.41, 5.74) is 1.12. The van der Waals surface area contributed by atoms with Crippen molar-refractivity contribution in [1.29, 1.82) is 0 Å². The third-order valence-electron chi connectivity index (χ3n) is 6.65. The first-order chi connectivity index (χ1) is 19.3. The second-order valence-electron chi connectivity index (χ2n) is 9.25. The van der Waals surface area contributed by atoms with Crippen molar-refractivity contribution >= 4 is 44.3 Å². The number of rotatable bonds is 8. The normalized spacial score (nSPS) is 16.0. The molecule has 0 spiro atoms. The molecule has 1 N–H and O–H groups in total. The fraction of sp³-hybridized carbons (Fsp3) is 0.207. The number of fused-ring (bicyclic) bond motifs is 1. The number of carbonyl (C=O) groups excluding carboxylic acids is 2. The molecule has 1 aliphatic rings. The summed E-state index contributed by atoms with van der Waals surface area (Å²) >= 11 is 5.96. The Bertz CT molecular complexity index is 1610. The molecule has 1 fully saturated rings. The summed E-state index contributed by atoms with van der Waals surface area (Å²) in [4.78, 5) is 32.3. The molecular weight excluding hydrogens is 552 g/mol. The maximum Gasteiger partial charge on any atom is 0.260 e. The number of hydrogen-bond acceptors (Lipinski definition) is 6. The van der Waals surface area contributed by atoms with E-state index in [1.165, 1.54) is 17.2 Å². The number of carbonyl (C=O) groups is 2. The SMILES string of the molecule is O=C(NCc1ccc(Cl)cc1)C1CN(C(=O)COc2ccccc2)CCN1S(=O)(=O)c1cccc2cccnc12. The smallest absolute Gasteiger partial charge is 0.260 e. The van der Waals surface area contributed by atoms with Gasteiger partial charge in [-0.05, 0) is 42.0 Å². The van der Waals surface area contributed by atoms with Gasteiger partial charge in [-0.15, -0.1) is 0 Å². The first-order valence-corrected chi connectivity index (χ1v) is 14.5. The third kappa shape index (κ3) is 6.09. The van der Waals surface area contributed by atoms with Crippen LogP contribution < -0.4 is 10.1 Å². The highest BCUT2D eigenvalue weighted by Gasteiger charge is 2.42. The van der Waals surface area contributed by atoms with Crippen LogP contribution in [0.2, 0.25) is 5.02 Å². The van der Waals surface area contributed by atoms with Crippen LogP contribution in [0.1, 0.15) is 5.56 Å². The number of para-hydroxylation sites is 2. The van der Waals surface area contributed by atoms with Crippen LogP contribution in [-0.4, -0.2) is 66.7 Å². The number of hydrogen-bond donors (Lipinski definition) is 1. The maximum atomic E-state index is 14.0. The van der Waals surface area contributed by atoms with Crippen LogP contribution >= 0.6 is 11.6 Å². The molecule has 0 saturated carbocycles. The second-order valence-corrected chi connectivity index (χ2v) is 11.5. The molecule has 11 heteroatoms. The highest BCUT2D eigenvalue weighted by molar-refractivity contribution is 7.89. The fourth-order valence-electron chi connectivity index (χ4n) is 4.57. The van der Waals surface area contributed by atoms with Gasteiger partial charge in [0.2, 0.25) is 15.9 Å². The highest BCUT2D eigenvalue weighted by atomic mass is 35.5. The first-order valence-electron chi connectivity index (χ1n) is 12.7. The third-order valence-corrected chi connectivity index (χ3v) is 8.85. The van der Waals surface area contributed by atoms with E-state index in [-0.39, 0.29) is 43.6 Å². The van der Waals surface area contributed by atoms with Crippen molar-refractivity contribution in [3.8, 4) is 5.75 Å². The molecule has 40 heavy (non-hydrogen) atoms. The molecule has 9 nitrogen and oxygen atoms in total. The van der Waals surface area contributed by atoms with Gasteiger partial charge in [-0.2, -0.15) is 4.31 Å². The van der Waals surface area contributed by atoms with E-state index in [4.69, 9.17) is 16.3 Å². The number of benzene rings is 3. The van der Waals surface area contributed by atoms with Gasteiger partial charge in [0.25, 0.3) is 5.91 Å². The van der Waals surface area contributed by atoms with Crippen LogP contribution in [0.3, 0.4) is 0 Å². The zero-order chi connectivity index (χ0) is 28.1. The predicted octanol–water partition coefficient (Wildman–Crippen LogP) is 3.49. The Morgan fingerprint density at radius 2 is 1.70 bits per heavy atom. The van der Waals surface area contributed by atoms with Gasteiger partial charge in [0, 0.05) is 42.8 Å². The summed E-state index contributed by atoms with van der Waals surface area (Å²) < 4.78 is 34.7. The van der Waals surface area contributed by atoms with Gasteiger partial charge in [0.1, 0.15) is 16.7 Å². The number of sulfonamides is 1. The standard InChI is InChI=1S/C29H27ClN4O5S/c30-23-13-11-21(12-14-23)18-32-29(36)25-19-33(27(35)20-39-24-8-2-1-3-9-24)16-17-34(25)40(37,38)26-10-4-6-22-7-5-15-31-28(22)26/h1-15,25H,16-20H2,(H,32,36). The fourth-order valence-corrected chi connectivity index (χ4v) is 6.43. The lowest BCUT2D eigenvalue weighted by Crippen LogP contribution is -2.61. The number of piperazine rings is 1. The number of nitrogens with zero attached hydrogens (tertiary/aromatic N) is 3. The molecule has 0 radical (unpaired) electrons. The molecule has 1 aliphatic heterocycles. The van der Waals surface area contributed by atoms with Crippen molar-refractivity contribution in [2.75, 3.05) is 26.2 Å². The summed E-state index contributed by atoms with van der Waals surface area (Å²) in [7, 11) is -4.15. The molecule has 0 bridgehead atoms. The molecule has 4 aromatic rings. The van der Waals surface area contributed by atoms with Crippen molar-refractivity contribution in [3.05, 3.63) is 102 Å². The molecule has 1 saturated heterocycles. The van der Waals surface area contributed by atoms with Gasteiger partial charge in [-0.3, -0.25) is 14.6 Å². The average molecular weight is 579 g/mol. The first kappa shape index (κ1) is 27.6. The lowest BCUT2D eigenvalue weighted by atomic mass is 10.1. The van der Waals surface area contributed by atoms with E-state index in [9.17, 15) is 18.0 Å². The van der Waals surface area contributed by atoms with Crippen molar-refractivity contribution in [1.82, 2.24) is 19.5 Å². The van der Waals surface area contributed by atoms with Crippen molar-refractivity contribution in [2.45, 2.75) is 17.5 Å². The van der Waals surface area contributed by atoms with E-state index in [0.717, 1.165) is 9.87 Å². The molecule has 3 aromatic carbocycles. The molecule has 0 aliphatic carbocycles. The highest BCUT2D eigenvalue weighted by Crippen LogP contribution is 2.27. The minimum Gasteiger partial charge on any atom is -0.484 e. The van der Waals surface area contributed by atoms with E-state index in [1.807, 2.05) is 6.07 Å². The largest absolute Gasteiger partial charge is 0.484 e. The lowest BCUT2D eigenvalue weighted by molar-refractivity contribution is -0.138. The van der Waals surface area contributed by atoms with E-state index in [2.05, 4.69) is 10.3 Å². The zero-order valence-corrected chi connectivity index (χ0v) is 23.0. The average Bonchev–Trinajstić information content (AvgIpc) is 2.99. The van der Waals surface area contributed by atoms with Crippen LogP contribution in [0.5, 0.6) is 5.75 Å². The summed E-state index contributed by atoms with van der Waals surface area (Å²) in [6, 6.07) is 23.1. The number of nitrogens with one attached hydrogen (secondary N) is 1. The minimum absolute atomic E-state index is 0.00767. The van der Waals surface area contributed by atoms with Crippen molar-refractivity contribution in [2.24, 2.45) is 0 Å². The Kier molecular flexibility index (Phi) is 8.29.